The molecule has 1 aromatic heterocycles. The Balaban J connectivity index is 0.000000193. The minimum atomic E-state index is 0.477. The monoisotopic (exact) mass is 542 g/mol. The van der Waals surface area contributed by atoms with Crippen molar-refractivity contribution in [2.24, 2.45) is 29.8 Å². The second kappa shape index (κ2) is 14.4. The van der Waals surface area contributed by atoms with Crippen molar-refractivity contribution >= 4 is 17.4 Å². The number of hydrogen-bond donors (Lipinski definition) is 3. The molecule has 1 fully saturated rings. The summed E-state index contributed by atoms with van der Waals surface area (Å²) in [6.45, 7) is 15.9. The lowest BCUT2D eigenvalue weighted by molar-refractivity contribution is 0.534. The van der Waals surface area contributed by atoms with Gasteiger partial charge in [0, 0.05) is 32.6 Å². The lowest BCUT2D eigenvalue weighted by Gasteiger charge is -2.38. The summed E-state index contributed by atoms with van der Waals surface area (Å²) >= 11 is 0. The molecule has 5 rings (SSSR count). The second-order valence-electron chi connectivity index (χ2n) is 10.5. The molecule has 0 atom stereocenters. The first kappa shape index (κ1) is 30.5. The summed E-state index contributed by atoms with van der Waals surface area (Å²) in [7, 11) is 4.16. The van der Waals surface area contributed by atoms with Crippen molar-refractivity contribution < 1.29 is 0 Å². The molecule has 3 aromatic rings. The fourth-order valence-corrected chi connectivity index (χ4v) is 4.40. The van der Waals surface area contributed by atoms with Crippen LogP contribution in [0, 0.1) is 19.8 Å². The van der Waals surface area contributed by atoms with Gasteiger partial charge in [0.25, 0.3) is 0 Å². The number of hydrazone groups is 1. The minimum Gasteiger partial charge on any atom is -0.330 e. The number of nitrogens with two attached hydrogens (primary N) is 2. The van der Waals surface area contributed by atoms with Crippen molar-refractivity contribution in [2.75, 3.05) is 18.5 Å². The van der Waals surface area contributed by atoms with Crippen LogP contribution in [-0.4, -0.2) is 33.9 Å². The number of imidazole rings is 1. The Hall–Kier alpha value is -4.04. The zero-order chi connectivity index (χ0) is 29.2. The first-order valence-electron chi connectivity index (χ1n) is 14.0. The molecule has 2 heterocycles. The summed E-state index contributed by atoms with van der Waals surface area (Å²) in [4.78, 5) is 9.31. The van der Waals surface area contributed by atoms with Crippen LogP contribution in [0.3, 0.4) is 0 Å². The number of hydrazine groups is 1. The molecule has 8 nitrogen and oxygen atoms in total. The Labute approximate surface area is 240 Å². The van der Waals surface area contributed by atoms with E-state index in [1.807, 2.05) is 37.4 Å². The first-order chi connectivity index (χ1) is 19.2. The number of nitrogens with one attached hydrogen (secondary N) is 1. The van der Waals surface area contributed by atoms with Gasteiger partial charge in [-0.2, -0.15) is 5.10 Å². The molecule has 0 radical (unpaired) electrons. The molecule has 0 saturated heterocycles. The van der Waals surface area contributed by atoms with Gasteiger partial charge in [0.05, 0.1) is 5.70 Å². The Kier molecular flexibility index (Phi) is 11.0. The minimum absolute atomic E-state index is 0.477. The maximum absolute atomic E-state index is 5.15. The number of benzene rings is 2. The van der Waals surface area contributed by atoms with Crippen LogP contribution in [0.5, 0.6) is 0 Å². The highest BCUT2D eigenvalue weighted by molar-refractivity contribution is 5.98. The van der Waals surface area contributed by atoms with E-state index in [9.17, 15) is 0 Å². The molecule has 1 saturated carbocycles. The van der Waals surface area contributed by atoms with E-state index in [0.717, 1.165) is 53.3 Å². The molecule has 214 valence electrons. The van der Waals surface area contributed by atoms with Crippen LogP contribution >= 0.6 is 0 Å². The molecule has 40 heavy (non-hydrogen) atoms. The van der Waals surface area contributed by atoms with Crippen LogP contribution in [0.4, 0.5) is 5.82 Å². The molecule has 1 aliphatic carbocycles. The maximum Gasteiger partial charge on any atom is 0.166 e. The van der Waals surface area contributed by atoms with E-state index in [1.54, 1.807) is 0 Å². The quantitative estimate of drug-likeness (QED) is 0.166. The van der Waals surface area contributed by atoms with Crippen LogP contribution < -0.4 is 22.0 Å². The molecule has 2 aliphatic rings. The van der Waals surface area contributed by atoms with Crippen molar-refractivity contribution in [3.8, 4) is 0 Å². The number of rotatable bonds is 6. The van der Waals surface area contributed by atoms with E-state index in [-0.39, 0.29) is 0 Å². The topological polar surface area (TPSA) is 101 Å². The van der Waals surface area contributed by atoms with Crippen LogP contribution in [0.2, 0.25) is 0 Å². The van der Waals surface area contributed by atoms with E-state index >= 15 is 0 Å². The lowest BCUT2D eigenvalue weighted by atomic mass is 10.2. The number of anilines is 1. The van der Waals surface area contributed by atoms with Gasteiger partial charge in [-0.05, 0) is 39.0 Å². The van der Waals surface area contributed by atoms with E-state index in [0.29, 0.717) is 5.84 Å². The maximum atomic E-state index is 5.15. The van der Waals surface area contributed by atoms with E-state index in [2.05, 4.69) is 90.1 Å². The number of fused-ring (bicyclic) bond motifs is 1. The van der Waals surface area contributed by atoms with Gasteiger partial charge in [0.15, 0.2) is 11.7 Å². The summed E-state index contributed by atoms with van der Waals surface area (Å²) in [6, 6.07) is 17.9. The van der Waals surface area contributed by atoms with Gasteiger partial charge < -0.3 is 25.6 Å². The Morgan fingerprint density at radius 2 is 1.62 bits per heavy atom. The number of aromatic nitrogens is 2. The zero-order valence-corrected chi connectivity index (χ0v) is 24.8. The lowest BCUT2D eigenvalue weighted by Crippen LogP contribution is -2.38. The second-order valence-corrected chi connectivity index (χ2v) is 10.5. The molecular weight excluding hydrogens is 496 g/mol. The van der Waals surface area contributed by atoms with Gasteiger partial charge >= 0.3 is 0 Å². The number of unbranched alkanes of at least 4 members (excludes halogenated alkanes) is 1. The average Bonchev–Trinajstić information content (AvgIpc) is 3.73. The molecule has 2 aromatic carbocycles. The Bertz CT molecular complexity index is 1270. The van der Waals surface area contributed by atoms with Crippen LogP contribution in [0.15, 0.2) is 78.7 Å². The van der Waals surface area contributed by atoms with Crippen molar-refractivity contribution in [3.63, 3.8) is 0 Å². The third-order valence-corrected chi connectivity index (χ3v) is 7.22. The molecular formula is C32H46N8. The van der Waals surface area contributed by atoms with E-state index < -0.39 is 0 Å². The molecule has 8 heteroatoms. The average molecular weight is 543 g/mol. The summed E-state index contributed by atoms with van der Waals surface area (Å²) < 4.78 is 2.22. The highest BCUT2D eigenvalue weighted by Gasteiger charge is 2.35. The third kappa shape index (κ3) is 7.76. The van der Waals surface area contributed by atoms with Crippen molar-refractivity contribution in [1.82, 2.24) is 19.9 Å². The smallest absolute Gasteiger partial charge is 0.166 e. The molecule has 0 bridgehead atoms. The van der Waals surface area contributed by atoms with Gasteiger partial charge in [-0.25, -0.2) is 10.8 Å². The van der Waals surface area contributed by atoms with E-state index in [1.165, 1.54) is 36.8 Å². The Morgan fingerprint density at radius 1 is 1.02 bits per heavy atom. The number of aryl methyl sites for hydroxylation is 3. The first-order valence-corrected chi connectivity index (χ1v) is 14.0. The fraction of sp³-hybridized carbons (Fsp3) is 0.375. The normalized spacial score (nSPS) is 14.6. The van der Waals surface area contributed by atoms with Crippen LogP contribution in [-0.2, 0) is 13.5 Å². The van der Waals surface area contributed by atoms with Crippen molar-refractivity contribution in [1.29, 1.82) is 0 Å². The fourth-order valence-electron chi connectivity index (χ4n) is 4.40. The highest BCUT2D eigenvalue weighted by atomic mass is 15.4. The SMILES string of the molecule is C=C1c2c(nc(CCCC)n2C)N(CC2CC2)C(=C)N1C.Cc1ccc(C)cc1.N/N=C(\NN)c1ccccc1. The van der Waals surface area contributed by atoms with Gasteiger partial charge in [-0.15, -0.1) is 0 Å². The summed E-state index contributed by atoms with van der Waals surface area (Å²) in [5.74, 6) is 14.7. The molecule has 1 aliphatic heterocycles. The largest absolute Gasteiger partial charge is 0.330 e. The summed E-state index contributed by atoms with van der Waals surface area (Å²) in [5.41, 5.74) is 8.07. The van der Waals surface area contributed by atoms with Crippen molar-refractivity contribution in [3.05, 3.63) is 102 Å². The van der Waals surface area contributed by atoms with Crippen LogP contribution in [0.1, 0.15) is 60.8 Å². The summed E-state index contributed by atoms with van der Waals surface area (Å²) in [6.07, 6.45) is 6.06. The molecule has 0 spiro atoms. The van der Waals surface area contributed by atoms with Gasteiger partial charge in [-0.1, -0.05) is 92.2 Å². The molecule has 0 unspecified atom stereocenters. The third-order valence-electron chi connectivity index (χ3n) is 7.22. The number of nitrogens with zero attached hydrogens (tertiary/aromatic N) is 5. The van der Waals surface area contributed by atoms with E-state index in [4.69, 9.17) is 16.7 Å². The Morgan fingerprint density at radius 3 is 2.12 bits per heavy atom. The van der Waals surface area contributed by atoms with Crippen LogP contribution in [0.25, 0.3) is 5.70 Å². The van der Waals surface area contributed by atoms with Gasteiger partial charge in [-0.3, -0.25) is 0 Å². The summed E-state index contributed by atoms with van der Waals surface area (Å²) in [5, 5.41) is 3.46. The zero-order valence-electron chi connectivity index (χ0n) is 24.8. The predicted molar refractivity (Wildman–Crippen MR) is 168 cm³/mol. The predicted octanol–water partition coefficient (Wildman–Crippen LogP) is 5.44. The number of hydrogen-bond acceptors (Lipinski definition) is 6. The highest BCUT2D eigenvalue weighted by Crippen LogP contribution is 2.40. The molecule has 5 N–H and O–H groups in total. The molecule has 0 amide bonds. The van der Waals surface area contributed by atoms with Gasteiger partial charge in [0.2, 0.25) is 0 Å². The standard InChI is InChI=1S/C17H26N4.C8H10.C7H10N4/c1-6-7-8-15-18-17-16(20(15)5)12(2)19(4)13(3)21(17)11-14-9-10-14;1-7-3-5-8(2)6-4-7;8-10-7(11-9)6-4-2-1-3-5-6/h14H,2-3,6-11H2,1,4-5H3;3-6H,1-2H3;1-5H,8-9H2,(H,10,11). The number of amidine groups is 1. The van der Waals surface area contributed by atoms with Crippen molar-refractivity contribution in [2.45, 2.75) is 52.9 Å². The van der Waals surface area contributed by atoms with Gasteiger partial charge in [0.1, 0.15) is 17.3 Å².